The van der Waals surface area contributed by atoms with Crippen molar-refractivity contribution in [1.82, 2.24) is 5.32 Å². The third-order valence-electron chi connectivity index (χ3n) is 1.84. The molecule has 0 fully saturated rings. The van der Waals surface area contributed by atoms with Crippen molar-refractivity contribution in [3.8, 4) is 5.75 Å². The number of amides is 1. The second-order valence-electron chi connectivity index (χ2n) is 3.47. The summed E-state index contributed by atoms with van der Waals surface area (Å²) < 4.78 is 18.2. The van der Waals surface area contributed by atoms with Crippen molar-refractivity contribution in [2.24, 2.45) is 0 Å². The first kappa shape index (κ1) is 11.5. The SMILES string of the molecule is COc1ccc(C(=O)NC(C)C)c(F)c1. The van der Waals surface area contributed by atoms with E-state index in [1.54, 1.807) is 6.07 Å². The monoisotopic (exact) mass is 211 g/mol. The molecular formula is C11H14FNO2. The van der Waals surface area contributed by atoms with E-state index in [2.05, 4.69) is 5.32 Å². The molecule has 0 aromatic heterocycles. The Kier molecular flexibility index (Phi) is 3.66. The van der Waals surface area contributed by atoms with Gasteiger partial charge in [-0.2, -0.15) is 0 Å². The van der Waals surface area contributed by atoms with Gasteiger partial charge in [0.05, 0.1) is 12.7 Å². The number of nitrogens with one attached hydrogen (secondary N) is 1. The Morgan fingerprint density at radius 2 is 2.13 bits per heavy atom. The molecule has 0 bridgehead atoms. The Morgan fingerprint density at radius 3 is 2.60 bits per heavy atom. The molecule has 1 rings (SSSR count). The van der Waals surface area contributed by atoms with Crippen LogP contribution in [-0.2, 0) is 0 Å². The highest BCUT2D eigenvalue weighted by atomic mass is 19.1. The fourth-order valence-corrected chi connectivity index (χ4v) is 1.15. The van der Waals surface area contributed by atoms with Crippen LogP contribution < -0.4 is 10.1 Å². The number of rotatable bonds is 3. The number of hydrogen-bond acceptors (Lipinski definition) is 2. The molecule has 1 aromatic rings. The van der Waals surface area contributed by atoms with Crippen LogP contribution in [0.5, 0.6) is 5.75 Å². The van der Waals surface area contributed by atoms with Gasteiger partial charge in [-0.05, 0) is 26.0 Å². The third-order valence-corrected chi connectivity index (χ3v) is 1.84. The van der Waals surface area contributed by atoms with Gasteiger partial charge < -0.3 is 10.1 Å². The molecule has 0 unspecified atom stereocenters. The van der Waals surface area contributed by atoms with E-state index in [4.69, 9.17) is 4.74 Å². The summed E-state index contributed by atoms with van der Waals surface area (Å²) in [6.45, 7) is 3.64. The number of benzene rings is 1. The van der Waals surface area contributed by atoms with Crippen molar-refractivity contribution < 1.29 is 13.9 Å². The van der Waals surface area contributed by atoms with Crippen molar-refractivity contribution in [2.45, 2.75) is 19.9 Å². The summed E-state index contributed by atoms with van der Waals surface area (Å²) in [5.41, 5.74) is 0.0319. The highest BCUT2D eigenvalue weighted by molar-refractivity contribution is 5.94. The highest BCUT2D eigenvalue weighted by Crippen LogP contribution is 2.16. The molecule has 0 aliphatic rings. The highest BCUT2D eigenvalue weighted by Gasteiger charge is 2.12. The molecular weight excluding hydrogens is 197 g/mol. The lowest BCUT2D eigenvalue weighted by molar-refractivity contribution is 0.0939. The molecule has 4 heteroatoms. The van der Waals surface area contributed by atoms with Crippen molar-refractivity contribution in [3.63, 3.8) is 0 Å². The number of methoxy groups -OCH3 is 1. The molecule has 0 radical (unpaired) electrons. The molecule has 3 nitrogen and oxygen atoms in total. The fraction of sp³-hybridized carbons (Fsp3) is 0.364. The minimum atomic E-state index is -0.576. The van der Waals surface area contributed by atoms with E-state index in [-0.39, 0.29) is 11.6 Å². The lowest BCUT2D eigenvalue weighted by Gasteiger charge is -2.09. The van der Waals surface area contributed by atoms with Crippen LogP contribution in [0.4, 0.5) is 4.39 Å². The van der Waals surface area contributed by atoms with Crippen molar-refractivity contribution in [2.75, 3.05) is 7.11 Å². The van der Waals surface area contributed by atoms with Gasteiger partial charge in [-0.15, -0.1) is 0 Å². The average Bonchev–Trinajstić information content (AvgIpc) is 2.16. The minimum Gasteiger partial charge on any atom is -0.497 e. The van der Waals surface area contributed by atoms with Gasteiger partial charge in [-0.3, -0.25) is 4.79 Å². The van der Waals surface area contributed by atoms with Crippen molar-refractivity contribution in [1.29, 1.82) is 0 Å². The van der Waals surface area contributed by atoms with Gasteiger partial charge >= 0.3 is 0 Å². The number of halogens is 1. The van der Waals surface area contributed by atoms with E-state index in [1.807, 2.05) is 13.8 Å². The minimum absolute atomic E-state index is 0.0148. The van der Waals surface area contributed by atoms with E-state index < -0.39 is 11.7 Å². The predicted octanol–water partition coefficient (Wildman–Crippen LogP) is 1.97. The molecule has 0 aliphatic carbocycles. The summed E-state index contributed by atoms with van der Waals surface area (Å²) >= 11 is 0. The lowest BCUT2D eigenvalue weighted by Crippen LogP contribution is -2.30. The number of ether oxygens (including phenoxy) is 1. The number of carbonyl (C=O) groups is 1. The van der Waals surface area contributed by atoms with Crippen LogP contribution in [0.15, 0.2) is 18.2 Å². The first-order chi connectivity index (χ1) is 7.04. The molecule has 0 heterocycles. The molecule has 0 saturated heterocycles. The summed E-state index contributed by atoms with van der Waals surface area (Å²) in [5, 5.41) is 2.62. The molecule has 1 amide bonds. The van der Waals surface area contributed by atoms with Gasteiger partial charge in [0.1, 0.15) is 11.6 Å². The lowest BCUT2D eigenvalue weighted by atomic mass is 10.2. The second-order valence-corrected chi connectivity index (χ2v) is 3.47. The second kappa shape index (κ2) is 4.77. The van der Waals surface area contributed by atoms with Crippen LogP contribution >= 0.6 is 0 Å². The number of hydrogen-bond donors (Lipinski definition) is 1. The van der Waals surface area contributed by atoms with E-state index >= 15 is 0 Å². The maximum absolute atomic E-state index is 13.4. The molecule has 0 saturated carbocycles. The van der Waals surface area contributed by atoms with Crippen LogP contribution in [0.3, 0.4) is 0 Å². The van der Waals surface area contributed by atoms with Gasteiger partial charge in [0.15, 0.2) is 0 Å². The number of carbonyl (C=O) groups excluding carboxylic acids is 1. The summed E-state index contributed by atoms with van der Waals surface area (Å²) in [7, 11) is 1.45. The summed E-state index contributed by atoms with van der Waals surface area (Å²) in [6.07, 6.45) is 0. The molecule has 15 heavy (non-hydrogen) atoms. The third kappa shape index (κ3) is 2.94. The summed E-state index contributed by atoms with van der Waals surface area (Å²) in [4.78, 5) is 11.5. The first-order valence-electron chi connectivity index (χ1n) is 4.69. The molecule has 0 spiro atoms. The summed E-state index contributed by atoms with van der Waals surface area (Å²) in [5.74, 6) is -0.591. The van der Waals surface area contributed by atoms with Gasteiger partial charge in [0.25, 0.3) is 5.91 Å². The normalized spacial score (nSPS) is 10.2. The fourth-order valence-electron chi connectivity index (χ4n) is 1.15. The predicted molar refractivity (Wildman–Crippen MR) is 55.6 cm³/mol. The molecule has 1 N–H and O–H groups in total. The van der Waals surface area contributed by atoms with Gasteiger partial charge in [0.2, 0.25) is 0 Å². The molecule has 1 aromatic carbocycles. The van der Waals surface area contributed by atoms with Gasteiger partial charge in [0, 0.05) is 12.1 Å². The van der Waals surface area contributed by atoms with Crippen LogP contribution in [0.2, 0.25) is 0 Å². The largest absolute Gasteiger partial charge is 0.497 e. The standard InChI is InChI=1S/C11H14FNO2/c1-7(2)13-11(14)9-5-4-8(15-3)6-10(9)12/h4-7H,1-3H3,(H,13,14). The Labute approximate surface area is 88.2 Å². The average molecular weight is 211 g/mol. The summed E-state index contributed by atoms with van der Waals surface area (Å²) in [6, 6.07) is 4.14. The zero-order valence-electron chi connectivity index (χ0n) is 9.00. The molecule has 0 aliphatic heterocycles. The maximum Gasteiger partial charge on any atom is 0.254 e. The van der Waals surface area contributed by atoms with E-state index in [9.17, 15) is 9.18 Å². The Hall–Kier alpha value is -1.58. The first-order valence-corrected chi connectivity index (χ1v) is 4.69. The van der Waals surface area contributed by atoms with Crippen molar-refractivity contribution in [3.05, 3.63) is 29.6 Å². The van der Waals surface area contributed by atoms with Crippen LogP contribution in [0.1, 0.15) is 24.2 Å². The molecule has 82 valence electrons. The van der Waals surface area contributed by atoms with Gasteiger partial charge in [-0.25, -0.2) is 4.39 Å². The Balaban J connectivity index is 2.90. The Morgan fingerprint density at radius 1 is 1.47 bits per heavy atom. The topological polar surface area (TPSA) is 38.3 Å². The van der Waals surface area contributed by atoms with Crippen molar-refractivity contribution >= 4 is 5.91 Å². The van der Waals surface area contributed by atoms with Crippen LogP contribution in [0.25, 0.3) is 0 Å². The van der Waals surface area contributed by atoms with E-state index in [0.29, 0.717) is 5.75 Å². The van der Waals surface area contributed by atoms with Crippen LogP contribution in [-0.4, -0.2) is 19.1 Å². The van der Waals surface area contributed by atoms with Gasteiger partial charge in [-0.1, -0.05) is 0 Å². The zero-order chi connectivity index (χ0) is 11.4. The zero-order valence-corrected chi connectivity index (χ0v) is 9.00. The quantitative estimate of drug-likeness (QED) is 0.830. The maximum atomic E-state index is 13.4. The Bertz CT molecular complexity index is 364. The van der Waals surface area contributed by atoms with E-state index in [0.717, 1.165) is 0 Å². The van der Waals surface area contributed by atoms with E-state index in [1.165, 1.54) is 19.2 Å². The molecule has 0 atom stereocenters. The smallest absolute Gasteiger partial charge is 0.254 e. The van der Waals surface area contributed by atoms with Crippen LogP contribution in [0, 0.1) is 5.82 Å².